The Balaban J connectivity index is 3.02. The average molecular weight is 220 g/mol. The van der Waals surface area contributed by atoms with Crippen LogP contribution in [0.5, 0.6) is 0 Å². The van der Waals surface area contributed by atoms with E-state index in [9.17, 15) is 9.59 Å². The van der Waals surface area contributed by atoms with Crippen LogP contribution < -0.4 is 0 Å². The fourth-order valence-electron chi connectivity index (χ4n) is 1.25. The molecule has 15 heavy (non-hydrogen) atoms. The van der Waals surface area contributed by atoms with Crippen LogP contribution in [0.15, 0.2) is 35.7 Å². The Morgan fingerprint density at radius 1 is 1.40 bits per heavy atom. The van der Waals surface area contributed by atoms with Crippen molar-refractivity contribution in [2.24, 2.45) is 0 Å². The van der Waals surface area contributed by atoms with Gasteiger partial charge in [-0.15, -0.1) is 0 Å². The summed E-state index contributed by atoms with van der Waals surface area (Å²) in [5.41, 5.74) is 1.50. The van der Waals surface area contributed by atoms with Gasteiger partial charge in [0.05, 0.1) is 0 Å². The van der Waals surface area contributed by atoms with E-state index in [-0.39, 0.29) is 10.9 Å². The molecule has 1 aromatic carbocycles. The van der Waals surface area contributed by atoms with Gasteiger partial charge < -0.3 is 0 Å². The number of carbonyl (C=O) groups excluding carboxylic acids is 2. The maximum atomic E-state index is 11.4. The van der Waals surface area contributed by atoms with E-state index >= 15 is 0 Å². The normalized spacial score (nSPS) is 9.73. The lowest BCUT2D eigenvalue weighted by molar-refractivity contribution is -0.109. The molecule has 0 aliphatic rings. The van der Waals surface area contributed by atoms with Gasteiger partial charge in [0.2, 0.25) is 0 Å². The van der Waals surface area contributed by atoms with Crippen molar-refractivity contribution < 1.29 is 9.59 Å². The fourth-order valence-corrected chi connectivity index (χ4v) is 1.96. The predicted octanol–water partition coefficient (Wildman–Crippen LogP) is 3.00. The summed E-state index contributed by atoms with van der Waals surface area (Å²) < 4.78 is 0. The maximum absolute atomic E-state index is 11.4. The number of hydrogen-bond donors (Lipinski definition) is 0. The van der Waals surface area contributed by atoms with E-state index in [0.29, 0.717) is 5.56 Å². The van der Waals surface area contributed by atoms with Crippen LogP contribution >= 0.6 is 11.8 Å². The molecule has 0 saturated heterocycles. The first-order valence-electron chi connectivity index (χ1n) is 4.50. The Morgan fingerprint density at radius 2 is 2.07 bits per heavy atom. The van der Waals surface area contributed by atoms with Crippen molar-refractivity contribution in [2.45, 2.75) is 18.7 Å². The van der Waals surface area contributed by atoms with E-state index in [1.165, 1.54) is 13.0 Å². The lowest BCUT2D eigenvalue weighted by atomic mass is 10.1. The van der Waals surface area contributed by atoms with Gasteiger partial charge in [-0.05, 0) is 36.8 Å². The molecule has 1 rings (SSSR count). The molecule has 0 bridgehead atoms. The zero-order valence-electron chi connectivity index (χ0n) is 8.74. The van der Waals surface area contributed by atoms with Crippen molar-refractivity contribution in [3.05, 3.63) is 42.0 Å². The zero-order chi connectivity index (χ0) is 11.4. The molecule has 0 unspecified atom stereocenters. The molecule has 0 spiro atoms. The molecule has 78 valence electrons. The van der Waals surface area contributed by atoms with Gasteiger partial charge >= 0.3 is 0 Å². The number of carbonyl (C=O) groups is 2. The van der Waals surface area contributed by atoms with Crippen LogP contribution in [0.3, 0.4) is 0 Å². The number of aryl methyl sites for hydroxylation is 1. The highest BCUT2D eigenvalue weighted by Crippen LogP contribution is 2.22. The zero-order valence-corrected chi connectivity index (χ0v) is 9.56. The van der Waals surface area contributed by atoms with Crippen molar-refractivity contribution in [3.8, 4) is 0 Å². The van der Waals surface area contributed by atoms with Crippen molar-refractivity contribution in [1.82, 2.24) is 0 Å². The third kappa shape index (κ3) is 3.06. The first-order valence-corrected chi connectivity index (χ1v) is 5.32. The highest BCUT2D eigenvalue weighted by Gasteiger charge is 2.07. The van der Waals surface area contributed by atoms with Crippen molar-refractivity contribution >= 4 is 22.7 Å². The molecule has 0 N–H and O–H groups in total. The number of thioether (sulfide) groups is 1. The second kappa shape index (κ2) is 4.94. The Bertz CT molecular complexity index is 422. The second-order valence-electron chi connectivity index (χ2n) is 3.14. The van der Waals surface area contributed by atoms with Gasteiger partial charge in [0.1, 0.15) is 0 Å². The summed E-state index contributed by atoms with van der Waals surface area (Å²) in [6.45, 7) is 6.80. The summed E-state index contributed by atoms with van der Waals surface area (Å²) in [4.78, 5) is 23.1. The second-order valence-corrected chi connectivity index (χ2v) is 4.39. The van der Waals surface area contributed by atoms with Crippen LogP contribution in [0.4, 0.5) is 0 Å². The van der Waals surface area contributed by atoms with E-state index in [0.717, 1.165) is 22.2 Å². The predicted molar refractivity (Wildman–Crippen MR) is 62.2 cm³/mol. The first-order chi connectivity index (χ1) is 7.04. The SMILES string of the molecule is C=CC(=O)c1ccc(SC(C)=O)cc1C. The van der Waals surface area contributed by atoms with Gasteiger partial charge in [0.15, 0.2) is 10.9 Å². The average Bonchev–Trinajstić information content (AvgIpc) is 2.16. The Labute approximate surface area is 93.4 Å². The van der Waals surface area contributed by atoms with Crippen LogP contribution in [0.25, 0.3) is 0 Å². The summed E-state index contributed by atoms with van der Waals surface area (Å²) in [6, 6.07) is 5.34. The third-order valence-electron chi connectivity index (χ3n) is 1.91. The Morgan fingerprint density at radius 3 is 2.53 bits per heavy atom. The monoisotopic (exact) mass is 220 g/mol. The van der Waals surface area contributed by atoms with Crippen molar-refractivity contribution in [2.75, 3.05) is 0 Å². The lowest BCUT2D eigenvalue weighted by Crippen LogP contribution is -1.97. The molecule has 0 aromatic heterocycles. The highest BCUT2D eigenvalue weighted by atomic mass is 32.2. The standard InChI is InChI=1S/C12H12O2S/c1-4-12(14)11-6-5-10(7-8(11)2)15-9(3)13/h4-7H,1H2,2-3H3. The van der Waals surface area contributed by atoms with Crippen molar-refractivity contribution in [3.63, 3.8) is 0 Å². The van der Waals surface area contributed by atoms with E-state index in [1.807, 2.05) is 13.0 Å². The first kappa shape index (κ1) is 11.7. The van der Waals surface area contributed by atoms with E-state index < -0.39 is 0 Å². The molecular formula is C12H12O2S. The molecular weight excluding hydrogens is 208 g/mol. The van der Waals surface area contributed by atoms with Gasteiger partial charge in [-0.1, -0.05) is 18.3 Å². The summed E-state index contributed by atoms with van der Waals surface area (Å²) in [7, 11) is 0. The molecule has 0 atom stereocenters. The maximum Gasteiger partial charge on any atom is 0.190 e. The van der Waals surface area contributed by atoms with Gasteiger partial charge in [0.25, 0.3) is 0 Å². The number of benzene rings is 1. The number of ketones is 1. The summed E-state index contributed by atoms with van der Waals surface area (Å²) in [5, 5.41) is 0.0391. The van der Waals surface area contributed by atoms with Gasteiger partial charge in [-0.3, -0.25) is 9.59 Å². The molecule has 0 radical (unpaired) electrons. The Kier molecular flexibility index (Phi) is 3.86. The quantitative estimate of drug-likeness (QED) is 0.446. The van der Waals surface area contributed by atoms with Crippen LogP contribution in [-0.2, 0) is 4.79 Å². The minimum absolute atomic E-state index is 0.0391. The summed E-state index contributed by atoms with van der Waals surface area (Å²) >= 11 is 1.16. The lowest BCUT2D eigenvalue weighted by Gasteiger charge is -2.04. The van der Waals surface area contributed by atoms with Crippen LogP contribution in [0, 0.1) is 6.92 Å². The topological polar surface area (TPSA) is 34.1 Å². The van der Waals surface area contributed by atoms with E-state index in [2.05, 4.69) is 6.58 Å². The smallest absolute Gasteiger partial charge is 0.190 e. The Hall–Kier alpha value is -1.35. The number of allylic oxidation sites excluding steroid dienone is 1. The summed E-state index contributed by atoms with van der Waals surface area (Å²) in [5.74, 6) is -0.0909. The fraction of sp³-hybridized carbons (Fsp3) is 0.167. The molecule has 0 saturated carbocycles. The van der Waals surface area contributed by atoms with Crippen molar-refractivity contribution in [1.29, 1.82) is 0 Å². The molecule has 1 aromatic rings. The number of rotatable bonds is 3. The van der Waals surface area contributed by atoms with E-state index in [1.54, 1.807) is 12.1 Å². The molecule has 0 aliphatic heterocycles. The minimum atomic E-state index is -0.0909. The van der Waals surface area contributed by atoms with Crippen LogP contribution in [0.1, 0.15) is 22.8 Å². The largest absolute Gasteiger partial charge is 0.289 e. The molecule has 3 heteroatoms. The molecule has 0 amide bonds. The van der Waals surface area contributed by atoms with Crippen LogP contribution in [0.2, 0.25) is 0 Å². The highest BCUT2D eigenvalue weighted by molar-refractivity contribution is 8.13. The molecule has 2 nitrogen and oxygen atoms in total. The van der Waals surface area contributed by atoms with E-state index in [4.69, 9.17) is 0 Å². The molecule has 0 fully saturated rings. The third-order valence-corrected chi connectivity index (χ3v) is 2.69. The molecule has 0 aliphatic carbocycles. The van der Waals surface area contributed by atoms with Gasteiger partial charge in [0, 0.05) is 17.4 Å². The number of hydrogen-bond acceptors (Lipinski definition) is 3. The molecule has 0 heterocycles. The summed E-state index contributed by atoms with van der Waals surface area (Å²) in [6.07, 6.45) is 1.29. The van der Waals surface area contributed by atoms with Crippen LogP contribution in [-0.4, -0.2) is 10.9 Å². The minimum Gasteiger partial charge on any atom is -0.289 e. The van der Waals surface area contributed by atoms with Gasteiger partial charge in [-0.25, -0.2) is 0 Å². The van der Waals surface area contributed by atoms with Gasteiger partial charge in [-0.2, -0.15) is 0 Å².